The average Bonchev–Trinajstić information content (AvgIpc) is 2.72. The van der Waals surface area contributed by atoms with E-state index in [0.717, 1.165) is 15.4 Å². The molecule has 1 aromatic heterocycles. The zero-order chi connectivity index (χ0) is 13.0. The minimum absolute atomic E-state index is 0.000396. The van der Waals surface area contributed by atoms with Gasteiger partial charge in [0, 0.05) is 26.3 Å². The van der Waals surface area contributed by atoms with Gasteiger partial charge in [0.05, 0.1) is 5.48 Å². The molecule has 2 heteroatoms. The first kappa shape index (κ1) is 4.99. The third-order valence-electron chi connectivity index (χ3n) is 2.20. The van der Waals surface area contributed by atoms with E-state index in [1.807, 2.05) is 18.2 Å². The van der Waals surface area contributed by atoms with E-state index in [1.54, 1.807) is 0 Å². The summed E-state index contributed by atoms with van der Waals surface area (Å²) in [6, 6.07) is 5.13. The van der Waals surface area contributed by atoms with Crippen molar-refractivity contribution in [3.8, 4) is 0 Å². The highest BCUT2D eigenvalue weighted by molar-refractivity contribution is 9.10. The third-order valence-corrected chi connectivity index (χ3v) is 2.69. The van der Waals surface area contributed by atoms with E-state index >= 15 is 0 Å². The van der Waals surface area contributed by atoms with Gasteiger partial charge in [0.2, 0.25) is 0 Å². The van der Waals surface area contributed by atoms with Gasteiger partial charge in [0.1, 0.15) is 0 Å². The highest BCUT2D eigenvalue weighted by Crippen LogP contribution is 2.27. The van der Waals surface area contributed by atoms with Gasteiger partial charge in [-0.2, -0.15) is 0 Å². The Bertz CT molecular complexity index is 794. The van der Waals surface area contributed by atoms with E-state index in [-0.39, 0.29) is 24.2 Å². The maximum atomic E-state index is 7.96. The van der Waals surface area contributed by atoms with Crippen LogP contribution in [0, 0.1) is 0 Å². The van der Waals surface area contributed by atoms with Crippen molar-refractivity contribution in [2.75, 3.05) is 0 Å². The lowest BCUT2D eigenvalue weighted by atomic mass is 10.2. The van der Waals surface area contributed by atoms with Crippen molar-refractivity contribution in [2.24, 2.45) is 0 Å². The molecule has 0 unspecified atom stereocenters. The second kappa shape index (κ2) is 2.85. The Labute approximate surface area is 95.5 Å². The van der Waals surface area contributed by atoms with Crippen LogP contribution in [-0.4, -0.2) is 4.98 Å². The fourth-order valence-electron chi connectivity index (χ4n) is 1.58. The van der Waals surface area contributed by atoms with E-state index in [1.165, 1.54) is 0 Å². The van der Waals surface area contributed by atoms with Gasteiger partial charge in [0.25, 0.3) is 0 Å². The number of nitrogens with one attached hydrogen (secondary N) is 1. The first-order valence-electron chi connectivity index (χ1n) is 6.18. The van der Waals surface area contributed by atoms with E-state index in [2.05, 4.69) is 20.9 Å². The SMILES string of the molecule is [2H]c1c([2H])c([2H])c2c([nH]c3cc(Br)ccc32)c1[2H]. The van der Waals surface area contributed by atoms with Gasteiger partial charge in [-0.15, -0.1) is 0 Å². The summed E-state index contributed by atoms with van der Waals surface area (Å²) in [6.45, 7) is 0. The maximum absolute atomic E-state index is 7.96. The number of rotatable bonds is 0. The molecule has 3 aromatic rings. The number of hydrogen-bond donors (Lipinski definition) is 1. The monoisotopic (exact) mass is 249 g/mol. The Morgan fingerprint density at radius 3 is 2.86 bits per heavy atom. The normalized spacial score (nSPS) is 15.2. The van der Waals surface area contributed by atoms with Crippen molar-refractivity contribution in [1.29, 1.82) is 0 Å². The summed E-state index contributed by atoms with van der Waals surface area (Å²) in [4.78, 5) is 3.06. The molecule has 0 fully saturated rings. The lowest BCUT2D eigenvalue weighted by molar-refractivity contribution is 1.54. The highest BCUT2D eigenvalue weighted by atomic mass is 79.9. The van der Waals surface area contributed by atoms with Crippen LogP contribution in [0.2, 0.25) is 0 Å². The number of halogens is 1. The lowest BCUT2D eigenvalue weighted by Crippen LogP contribution is -1.66. The summed E-state index contributed by atoms with van der Waals surface area (Å²) in [7, 11) is 0. The molecule has 0 saturated heterocycles. The van der Waals surface area contributed by atoms with Gasteiger partial charge in [-0.3, -0.25) is 0 Å². The Kier molecular flexibility index (Phi) is 1.02. The molecule has 0 bridgehead atoms. The van der Waals surface area contributed by atoms with Crippen molar-refractivity contribution in [3.05, 3.63) is 46.8 Å². The van der Waals surface area contributed by atoms with E-state index in [4.69, 9.17) is 5.48 Å². The molecule has 3 rings (SSSR count). The van der Waals surface area contributed by atoms with Gasteiger partial charge in [-0.1, -0.05) is 40.1 Å². The molecule has 0 saturated carbocycles. The molecule has 0 aliphatic carbocycles. The second-order valence-corrected chi connectivity index (χ2v) is 3.98. The first-order chi connectivity index (χ1) is 8.50. The van der Waals surface area contributed by atoms with E-state index in [0.29, 0.717) is 10.9 Å². The van der Waals surface area contributed by atoms with Gasteiger partial charge >= 0.3 is 0 Å². The van der Waals surface area contributed by atoms with Gasteiger partial charge < -0.3 is 4.98 Å². The van der Waals surface area contributed by atoms with E-state index in [9.17, 15) is 0 Å². The Morgan fingerprint density at radius 1 is 1.07 bits per heavy atom. The Morgan fingerprint density at radius 2 is 1.93 bits per heavy atom. The van der Waals surface area contributed by atoms with Gasteiger partial charge in [-0.25, -0.2) is 0 Å². The van der Waals surface area contributed by atoms with Crippen LogP contribution in [0.15, 0.2) is 46.8 Å². The van der Waals surface area contributed by atoms with E-state index < -0.39 is 0 Å². The molecule has 0 aliphatic rings. The molecule has 0 radical (unpaired) electrons. The molecule has 14 heavy (non-hydrogen) atoms. The summed E-state index contributed by atoms with van der Waals surface area (Å²) in [5, 5.41) is 1.35. The van der Waals surface area contributed by atoms with Crippen LogP contribution < -0.4 is 0 Å². The molecule has 1 heterocycles. The number of para-hydroxylation sites is 1. The first-order valence-corrected chi connectivity index (χ1v) is 4.97. The largest absolute Gasteiger partial charge is 0.354 e. The fraction of sp³-hybridized carbons (Fsp3) is 0. The second-order valence-electron chi connectivity index (χ2n) is 3.06. The summed E-state index contributed by atoms with van der Waals surface area (Å²) in [5.41, 5.74) is 1.25. The van der Waals surface area contributed by atoms with Gasteiger partial charge in [0.15, 0.2) is 0 Å². The standard InChI is InChI=1S/C12H8BrN/c13-8-5-6-10-9-3-1-2-4-11(9)14-12(10)7-8/h1-7,14H/i1D,2D,3D,4D. The molecule has 0 aliphatic heterocycles. The van der Waals surface area contributed by atoms with Crippen molar-refractivity contribution in [3.63, 3.8) is 0 Å². The molecule has 1 nitrogen and oxygen atoms in total. The minimum atomic E-state index is -0.210. The zero-order valence-corrected chi connectivity index (χ0v) is 8.70. The molecule has 0 spiro atoms. The van der Waals surface area contributed by atoms with Crippen LogP contribution in [0.25, 0.3) is 21.8 Å². The molecular formula is C12H8BrN. The predicted molar refractivity (Wildman–Crippen MR) is 63.5 cm³/mol. The van der Waals surface area contributed by atoms with Crippen molar-refractivity contribution >= 4 is 37.7 Å². The van der Waals surface area contributed by atoms with Crippen LogP contribution >= 0.6 is 15.9 Å². The maximum Gasteiger partial charge on any atom is 0.0645 e. The van der Waals surface area contributed by atoms with Crippen molar-refractivity contribution in [1.82, 2.24) is 4.98 Å². The molecule has 0 amide bonds. The molecule has 2 aromatic carbocycles. The predicted octanol–water partition coefficient (Wildman–Crippen LogP) is 4.08. The Balaban J connectivity index is 2.62. The Hall–Kier alpha value is -1.28. The summed E-state index contributed by atoms with van der Waals surface area (Å²) >= 11 is 3.37. The zero-order valence-electron chi connectivity index (χ0n) is 11.1. The summed E-state index contributed by atoms with van der Waals surface area (Å²) in [5.74, 6) is 0. The fourth-order valence-corrected chi connectivity index (χ4v) is 1.94. The molecule has 1 N–H and O–H groups in total. The van der Waals surface area contributed by atoms with Gasteiger partial charge in [-0.05, 0) is 18.2 Å². The average molecular weight is 250 g/mol. The molecule has 68 valence electrons. The van der Waals surface area contributed by atoms with Crippen molar-refractivity contribution < 1.29 is 5.48 Å². The topological polar surface area (TPSA) is 15.8 Å². The lowest BCUT2D eigenvalue weighted by Gasteiger charge is -1.90. The molecule has 0 atom stereocenters. The van der Waals surface area contributed by atoms with Crippen LogP contribution in [-0.2, 0) is 0 Å². The number of fused-ring (bicyclic) bond motifs is 3. The van der Waals surface area contributed by atoms with Crippen LogP contribution in [0.1, 0.15) is 5.48 Å². The number of aromatic amines is 1. The summed E-state index contributed by atoms with van der Waals surface area (Å²) < 4.78 is 32.1. The van der Waals surface area contributed by atoms with Crippen molar-refractivity contribution in [2.45, 2.75) is 0 Å². The number of aromatic nitrogens is 1. The van der Waals surface area contributed by atoms with Crippen LogP contribution in [0.5, 0.6) is 0 Å². The smallest absolute Gasteiger partial charge is 0.0645 e. The third kappa shape index (κ3) is 1.07. The molecular weight excluding hydrogens is 238 g/mol. The number of H-pyrrole nitrogens is 1. The highest BCUT2D eigenvalue weighted by Gasteiger charge is 2.02. The quantitative estimate of drug-likeness (QED) is 0.618. The summed E-state index contributed by atoms with van der Waals surface area (Å²) in [6.07, 6.45) is 0. The minimum Gasteiger partial charge on any atom is -0.354 e. The number of hydrogen-bond acceptors (Lipinski definition) is 0. The van der Waals surface area contributed by atoms with Crippen LogP contribution in [0.3, 0.4) is 0 Å². The van der Waals surface area contributed by atoms with Crippen LogP contribution in [0.4, 0.5) is 0 Å². The number of benzene rings is 2.